The molecule has 4 rings (SSSR count). The minimum Gasteiger partial charge on any atom is -0.449 e. The van der Waals surface area contributed by atoms with Gasteiger partial charge in [0.05, 0.1) is 30.9 Å². The first-order chi connectivity index (χ1) is 10.3. The second-order valence-corrected chi connectivity index (χ2v) is 5.10. The number of hydrogen-bond acceptors (Lipinski definition) is 3. The Bertz CT molecular complexity index is 801. The molecule has 0 saturated heterocycles. The molecule has 0 unspecified atom stereocenters. The average molecular weight is 281 g/mol. The van der Waals surface area contributed by atoms with Gasteiger partial charge in [0, 0.05) is 29.1 Å². The highest BCUT2D eigenvalue weighted by molar-refractivity contribution is 5.99. The van der Waals surface area contributed by atoms with Crippen LogP contribution in [0.5, 0.6) is 0 Å². The van der Waals surface area contributed by atoms with Crippen molar-refractivity contribution in [3.63, 3.8) is 0 Å². The summed E-state index contributed by atoms with van der Waals surface area (Å²) in [5.74, 6) is 0. The Hall–Kier alpha value is -2.56. The summed E-state index contributed by atoms with van der Waals surface area (Å²) in [6, 6.07) is 6.13. The molecule has 1 aromatic heterocycles. The Kier molecular flexibility index (Phi) is 2.60. The second kappa shape index (κ2) is 4.48. The molecule has 0 N–H and O–H groups in total. The van der Waals surface area contributed by atoms with Crippen molar-refractivity contribution in [2.24, 2.45) is 4.99 Å². The molecule has 5 heteroatoms. The van der Waals surface area contributed by atoms with Crippen molar-refractivity contribution in [3.05, 3.63) is 35.7 Å². The lowest BCUT2D eigenvalue weighted by Gasteiger charge is -2.22. The third-order valence-corrected chi connectivity index (χ3v) is 3.95. The maximum absolute atomic E-state index is 11.9. The van der Waals surface area contributed by atoms with Gasteiger partial charge < -0.3 is 9.30 Å². The number of aromatic nitrogens is 1. The van der Waals surface area contributed by atoms with Crippen molar-refractivity contribution in [1.82, 2.24) is 9.47 Å². The van der Waals surface area contributed by atoms with Crippen LogP contribution in [0.1, 0.15) is 18.2 Å². The minimum absolute atomic E-state index is 0.303. The first-order valence-electron chi connectivity index (χ1n) is 7.08. The third-order valence-electron chi connectivity index (χ3n) is 3.95. The van der Waals surface area contributed by atoms with E-state index in [1.54, 1.807) is 11.1 Å². The smallest absolute Gasteiger partial charge is 0.414 e. The number of nitrogens with zero attached hydrogens (tertiary/aromatic N) is 3. The zero-order valence-electron chi connectivity index (χ0n) is 11.7. The van der Waals surface area contributed by atoms with E-state index in [-0.39, 0.29) is 6.09 Å². The van der Waals surface area contributed by atoms with Crippen LogP contribution in [-0.2, 0) is 17.8 Å². The fourth-order valence-electron chi connectivity index (χ4n) is 3.07. The molecular formula is C16H15N3O2. The van der Waals surface area contributed by atoms with Gasteiger partial charge in [0.15, 0.2) is 0 Å². The molecule has 106 valence electrons. The van der Waals surface area contributed by atoms with Gasteiger partial charge in [0.2, 0.25) is 0 Å². The lowest BCUT2D eigenvalue weighted by molar-refractivity contribution is 0.120. The van der Waals surface area contributed by atoms with E-state index in [9.17, 15) is 4.79 Å². The van der Waals surface area contributed by atoms with E-state index in [1.165, 1.54) is 0 Å². The molecule has 1 amide bonds. The van der Waals surface area contributed by atoms with Crippen LogP contribution in [0, 0.1) is 0 Å². The molecule has 0 aliphatic carbocycles. The van der Waals surface area contributed by atoms with Crippen molar-refractivity contribution in [1.29, 1.82) is 0 Å². The van der Waals surface area contributed by atoms with Crippen molar-refractivity contribution in [2.45, 2.75) is 20.0 Å². The molecule has 2 aliphatic rings. The number of ether oxygens (including phenoxy) is 1. The highest BCUT2D eigenvalue weighted by Gasteiger charge is 2.25. The first-order valence-corrected chi connectivity index (χ1v) is 7.08. The number of aliphatic imine (C=N–C) groups is 1. The van der Waals surface area contributed by atoms with E-state index in [0.717, 1.165) is 34.4 Å². The monoisotopic (exact) mass is 281 g/mol. The quantitative estimate of drug-likeness (QED) is 0.805. The van der Waals surface area contributed by atoms with Crippen LogP contribution in [0.4, 0.5) is 10.5 Å². The normalized spacial score (nSPS) is 15.4. The van der Waals surface area contributed by atoms with Crippen LogP contribution in [-0.4, -0.2) is 28.4 Å². The largest absolute Gasteiger partial charge is 0.449 e. The summed E-state index contributed by atoms with van der Waals surface area (Å²) < 4.78 is 7.34. The zero-order chi connectivity index (χ0) is 14.4. The molecule has 21 heavy (non-hydrogen) atoms. The van der Waals surface area contributed by atoms with E-state index < -0.39 is 0 Å². The van der Waals surface area contributed by atoms with Crippen LogP contribution in [0.25, 0.3) is 17.0 Å². The Morgan fingerprint density at radius 2 is 2.33 bits per heavy atom. The number of hydrogen-bond donors (Lipinski definition) is 0. The van der Waals surface area contributed by atoms with Crippen molar-refractivity contribution in [2.75, 3.05) is 6.61 Å². The summed E-state index contributed by atoms with van der Waals surface area (Å²) in [6.45, 7) is 3.51. The first kappa shape index (κ1) is 12.2. The molecule has 3 heterocycles. The average Bonchev–Trinajstić information content (AvgIpc) is 2.84. The molecular weight excluding hydrogens is 266 g/mol. The van der Waals surface area contributed by atoms with Crippen LogP contribution in [0.2, 0.25) is 0 Å². The van der Waals surface area contributed by atoms with Gasteiger partial charge >= 0.3 is 6.09 Å². The van der Waals surface area contributed by atoms with Crippen molar-refractivity contribution >= 4 is 35.0 Å². The molecule has 2 aliphatic heterocycles. The Balaban J connectivity index is 1.85. The molecule has 0 bridgehead atoms. The van der Waals surface area contributed by atoms with Gasteiger partial charge in [0.1, 0.15) is 0 Å². The standard InChI is InChI=1S/C16H15N3O2/c1-2-21-16(20)18-8-6-14-12(10-18)11-4-3-5-13-15(11)19(14)9-7-17-13/h3-8H,2,9-10H2,1H3. The van der Waals surface area contributed by atoms with Crippen LogP contribution in [0.15, 0.2) is 29.4 Å². The predicted molar refractivity (Wildman–Crippen MR) is 81.7 cm³/mol. The van der Waals surface area contributed by atoms with E-state index in [0.29, 0.717) is 13.2 Å². The molecule has 0 fully saturated rings. The SMILES string of the molecule is CCOC(=O)N1C=Cc2c(c3cccc4c3n2CC=N4)C1. The van der Waals surface area contributed by atoms with Gasteiger partial charge in [-0.05, 0) is 19.1 Å². The van der Waals surface area contributed by atoms with E-state index in [1.807, 2.05) is 31.3 Å². The third kappa shape index (κ3) is 1.70. The zero-order valence-corrected chi connectivity index (χ0v) is 11.7. The number of benzene rings is 1. The lowest BCUT2D eigenvalue weighted by atomic mass is 10.1. The summed E-state index contributed by atoms with van der Waals surface area (Å²) in [7, 11) is 0. The van der Waals surface area contributed by atoms with Crippen molar-refractivity contribution < 1.29 is 9.53 Å². The summed E-state index contributed by atoms with van der Waals surface area (Å²) in [5, 5.41) is 1.16. The Labute approximate surface area is 122 Å². The molecule has 0 radical (unpaired) electrons. The molecule has 0 saturated carbocycles. The Morgan fingerprint density at radius 3 is 3.19 bits per heavy atom. The van der Waals surface area contributed by atoms with Gasteiger partial charge in [-0.15, -0.1) is 0 Å². The molecule has 2 aromatic rings. The molecule has 5 nitrogen and oxygen atoms in total. The van der Waals surface area contributed by atoms with Crippen LogP contribution < -0.4 is 0 Å². The number of carbonyl (C=O) groups is 1. The number of fused-ring (bicyclic) bond motifs is 3. The van der Waals surface area contributed by atoms with Gasteiger partial charge in [-0.25, -0.2) is 4.79 Å². The van der Waals surface area contributed by atoms with Gasteiger partial charge in [-0.2, -0.15) is 0 Å². The maximum atomic E-state index is 11.9. The van der Waals surface area contributed by atoms with Crippen LogP contribution in [0.3, 0.4) is 0 Å². The summed E-state index contributed by atoms with van der Waals surface area (Å²) in [5.41, 5.74) is 4.46. The van der Waals surface area contributed by atoms with E-state index >= 15 is 0 Å². The van der Waals surface area contributed by atoms with E-state index in [4.69, 9.17) is 4.74 Å². The highest BCUT2D eigenvalue weighted by atomic mass is 16.6. The van der Waals surface area contributed by atoms with Gasteiger partial charge in [-0.1, -0.05) is 12.1 Å². The topological polar surface area (TPSA) is 46.8 Å². The van der Waals surface area contributed by atoms with Gasteiger partial charge in [-0.3, -0.25) is 9.89 Å². The molecule has 0 spiro atoms. The maximum Gasteiger partial charge on any atom is 0.414 e. The van der Waals surface area contributed by atoms with Gasteiger partial charge in [0.25, 0.3) is 0 Å². The lowest BCUT2D eigenvalue weighted by Crippen LogP contribution is -2.28. The predicted octanol–water partition coefficient (Wildman–Crippen LogP) is 3.30. The van der Waals surface area contributed by atoms with Crippen molar-refractivity contribution in [3.8, 4) is 0 Å². The number of para-hydroxylation sites is 1. The summed E-state index contributed by atoms with van der Waals surface area (Å²) in [4.78, 5) is 18.0. The summed E-state index contributed by atoms with van der Waals surface area (Å²) in [6.07, 6.45) is 5.41. The molecule has 0 atom stereocenters. The second-order valence-electron chi connectivity index (χ2n) is 5.10. The minimum atomic E-state index is -0.303. The number of rotatable bonds is 1. The summed E-state index contributed by atoms with van der Waals surface area (Å²) >= 11 is 0. The number of amides is 1. The number of carbonyl (C=O) groups excluding carboxylic acids is 1. The van der Waals surface area contributed by atoms with Crippen LogP contribution >= 0.6 is 0 Å². The van der Waals surface area contributed by atoms with E-state index in [2.05, 4.69) is 15.6 Å². The fraction of sp³-hybridized carbons (Fsp3) is 0.250. The fourth-order valence-corrected chi connectivity index (χ4v) is 3.07. The molecule has 1 aromatic carbocycles. The Morgan fingerprint density at radius 1 is 1.43 bits per heavy atom. The highest BCUT2D eigenvalue weighted by Crippen LogP contribution is 2.37.